The molecule has 0 saturated carbocycles. The number of hydrogen-bond acceptors (Lipinski definition) is 3. The predicted octanol–water partition coefficient (Wildman–Crippen LogP) is 3.14. The molecule has 0 aromatic heterocycles. The van der Waals surface area contributed by atoms with Crippen LogP contribution in [-0.4, -0.2) is 31.6 Å². The number of piperidine rings is 1. The van der Waals surface area contributed by atoms with E-state index < -0.39 is 5.54 Å². The van der Waals surface area contributed by atoms with E-state index >= 15 is 0 Å². The summed E-state index contributed by atoms with van der Waals surface area (Å²) in [5.41, 5.74) is 0.929. The number of benzene rings is 1. The molecule has 1 aliphatic heterocycles. The van der Waals surface area contributed by atoms with Crippen LogP contribution in [0.2, 0.25) is 0 Å². The number of hydrogen-bond donors (Lipinski definition) is 1. The maximum atomic E-state index is 9.77. The predicted molar refractivity (Wildman–Crippen MR) is 86.9 cm³/mol. The number of nitrogens with one attached hydrogen (secondary N) is 1. The average Bonchev–Trinajstić information content (AvgIpc) is 2.55. The van der Waals surface area contributed by atoms with Crippen molar-refractivity contribution in [1.82, 2.24) is 10.2 Å². The lowest BCUT2D eigenvalue weighted by Crippen LogP contribution is -2.51. The summed E-state index contributed by atoms with van der Waals surface area (Å²) in [7, 11) is 1.89. The quantitative estimate of drug-likeness (QED) is 0.903. The first kappa shape index (κ1) is 16.0. The molecule has 3 heteroatoms. The van der Waals surface area contributed by atoms with Gasteiger partial charge in [0.05, 0.1) is 6.07 Å². The van der Waals surface area contributed by atoms with E-state index in [4.69, 9.17) is 0 Å². The van der Waals surface area contributed by atoms with Crippen LogP contribution in [0.25, 0.3) is 0 Å². The van der Waals surface area contributed by atoms with Crippen molar-refractivity contribution in [3.8, 4) is 6.07 Å². The molecule has 2 rings (SSSR count). The van der Waals surface area contributed by atoms with Gasteiger partial charge >= 0.3 is 0 Å². The SMILES string of the molecule is CCC1(C)CCN(CC(C#N)(NC)c2ccccc2)CC1. The lowest BCUT2D eigenvalue weighted by molar-refractivity contribution is 0.0975. The summed E-state index contributed by atoms with van der Waals surface area (Å²) in [6.45, 7) is 7.60. The Hall–Kier alpha value is -1.37. The zero-order valence-electron chi connectivity index (χ0n) is 13.5. The van der Waals surface area contributed by atoms with Gasteiger partial charge in [-0.2, -0.15) is 5.26 Å². The van der Waals surface area contributed by atoms with Crippen LogP contribution in [0.1, 0.15) is 38.7 Å². The van der Waals surface area contributed by atoms with E-state index in [9.17, 15) is 5.26 Å². The molecule has 1 aliphatic rings. The van der Waals surface area contributed by atoms with Gasteiger partial charge in [-0.1, -0.05) is 50.6 Å². The molecule has 0 aliphatic carbocycles. The van der Waals surface area contributed by atoms with Crippen molar-refractivity contribution in [2.45, 2.75) is 38.6 Å². The van der Waals surface area contributed by atoms with Crippen LogP contribution in [0.5, 0.6) is 0 Å². The molecule has 114 valence electrons. The highest BCUT2D eigenvalue weighted by Gasteiger charge is 2.36. The summed E-state index contributed by atoms with van der Waals surface area (Å²) in [6.07, 6.45) is 3.70. The van der Waals surface area contributed by atoms with E-state index in [0.29, 0.717) is 5.41 Å². The van der Waals surface area contributed by atoms with Crippen LogP contribution in [0.4, 0.5) is 0 Å². The Labute approximate surface area is 129 Å². The topological polar surface area (TPSA) is 39.1 Å². The second-order valence-corrected chi connectivity index (χ2v) is 6.57. The summed E-state index contributed by atoms with van der Waals surface area (Å²) in [6, 6.07) is 12.6. The third kappa shape index (κ3) is 3.45. The summed E-state index contributed by atoms with van der Waals surface area (Å²) in [4.78, 5) is 2.43. The van der Waals surface area contributed by atoms with Crippen LogP contribution in [-0.2, 0) is 5.54 Å². The molecule has 0 spiro atoms. The van der Waals surface area contributed by atoms with Crippen LogP contribution in [0, 0.1) is 16.7 Å². The van der Waals surface area contributed by atoms with E-state index in [2.05, 4.69) is 30.1 Å². The van der Waals surface area contributed by atoms with Crippen molar-refractivity contribution in [2.75, 3.05) is 26.7 Å². The highest BCUT2D eigenvalue weighted by molar-refractivity contribution is 5.32. The Bertz CT molecular complexity index is 483. The highest BCUT2D eigenvalue weighted by Crippen LogP contribution is 2.35. The normalized spacial score (nSPS) is 21.4. The Kier molecular flexibility index (Phi) is 5.03. The fraction of sp³-hybridized carbons (Fsp3) is 0.611. The number of likely N-dealkylation sites (N-methyl/N-ethyl adjacent to an activating group) is 1. The maximum Gasteiger partial charge on any atom is 0.144 e. The second kappa shape index (κ2) is 6.60. The zero-order valence-corrected chi connectivity index (χ0v) is 13.5. The van der Waals surface area contributed by atoms with Crippen molar-refractivity contribution in [1.29, 1.82) is 5.26 Å². The number of rotatable bonds is 5. The van der Waals surface area contributed by atoms with Gasteiger partial charge in [0, 0.05) is 6.54 Å². The molecule has 1 atom stereocenters. The minimum absolute atomic E-state index is 0.484. The van der Waals surface area contributed by atoms with E-state index in [-0.39, 0.29) is 0 Å². The molecule has 1 fully saturated rings. The van der Waals surface area contributed by atoms with Gasteiger partial charge in [-0.3, -0.25) is 5.32 Å². The third-order valence-corrected chi connectivity index (χ3v) is 5.26. The summed E-state index contributed by atoms with van der Waals surface area (Å²) in [5.74, 6) is 0. The second-order valence-electron chi connectivity index (χ2n) is 6.57. The van der Waals surface area contributed by atoms with Crippen molar-refractivity contribution in [3.63, 3.8) is 0 Å². The number of nitrogens with zero attached hydrogens (tertiary/aromatic N) is 2. The van der Waals surface area contributed by atoms with Crippen LogP contribution in [0.15, 0.2) is 30.3 Å². The largest absolute Gasteiger partial charge is 0.300 e. The lowest BCUT2D eigenvalue weighted by Gasteiger charge is -2.42. The van der Waals surface area contributed by atoms with Gasteiger partial charge < -0.3 is 4.90 Å². The minimum atomic E-state index is -0.610. The summed E-state index contributed by atoms with van der Waals surface area (Å²) in [5, 5.41) is 13.0. The van der Waals surface area contributed by atoms with E-state index in [1.807, 2.05) is 37.4 Å². The molecule has 1 saturated heterocycles. The fourth-order valence-electron chi connectivity index (χ4n) is 3.13. The van der Waals surface area contributed by atoms with Crippen LogP contribution >= 0.6 is 0 Å². The van der Waals surface area contributed by atoms with Gasteiger partial charge in [0.25, 0.3) is 0 Å². The first-order valence-corrected chi connectivity index (χ1v) is 7.95. The fourth-order valence-corrected chi connectivity index (χ4v) is 3.13. The molecule has 1 aromatic rings. The van der Waals surface area contributed by atoms with Gasteiger partial charge in [-0.25, -0.2) is 0 Å². The van der Waals surface area contributed by atoms with Gasteiger partial charge in [0.1, 0.15) is 5.54 Å². The molecule has 0 amide bonds. The Morgan fingerprint density at radius 3 is 2.38 bits per heavy atom. The Balaban J connectivity index is 2.10. The first-order valence-electron chi connectivity index (χ1n) is 7.95. The standard InChI is InChI=1S/C18H27N3/c1-4-17(2)10-12-21(13-11-17)15-18(14-19,20-3)16-8-6-5-7-9-16/h5-9,20H,4,10-13,15H2,1-3H3. The van der Waals surface area contributed by atoms with Crippen molar-refractivity contribution < 1.29 is 0 Å². The zero-order chi connectivity index (χ0) is 15.3. The van der Waals surface area contributed by atoms with Crippen molar-refractivity contribution >= 4 is 0 Å². The Morgan fingerprint density at radius 2 is 1.90 bits per heavy atom. The Morgan fingerprint density at radius 1 is 1.29 bits per heavy atom. The lowest BCUT2D eigenvalue weighted by atomic mass is 9.77. The van der Waals surface area contributed by atoms with Gasteiger partial charge in [0.2, 0.25) is 0 Å². The molecule has 21 heavy (non-hydrogen) atoms. The van der Waals surface area contributed by atoms with E-state index in [1.54, 1.807) is 0 Å². The maximum absolute atomic E-state index is 9.77. The third-order valence-electron chi connectivity index (χ3n) is 5.26. The van der Waals surface area contributed by atoms with Crippen LogP contribution < -0.4 is 5.32 Å². The molecular weight excluding hydrogens is 258 g/mol. The number of likely N-dealkylation sites (tertiary alicyclic amines) is 1. The smallest absolute Gasteiger partial charge is 0.144 e. The molecule has 0 bridgehead atoms. The van der Waals surface area contributed by atoms with Gasteiger partial charge in [0.15, 0.2) is 0 Å². The molecule has 1 unspecified atom stereocenters. The van der Waals surface area contributed by atoms with Crippen LogP contribution in [0.3, 0.4) is 0 Å². The van der Waals surface area contributed by atoms with Gasteiger partial charge in [-0.15, -0.1) is 0 Å². The minimum Gasteiger partial charge on any atom is -0.300 e. The van der Waals surface area contributed by atoms with Crippen molar-refractivity contribution in [2.24, 2.45) is 5.41 Å². The van der Waals surface area contributed by atoms with E-state index in [1.165, 1.54) is 19.3 Å². The molecule has 1 N–H and O–H groups in total. The summed E-state index contributed by atoms with van der Waals surface area (Å²) < 4.78 is 0. The monoisotopic (exact) mass is 285 g/mol. The average molecular weight is 285 g/mol. The number of nitriles is 1. The molecule has 3 nitrogen and oxygen atoms in total. The molecule has 1 heterocycles. The molecule has 1 aromatic carbocycles. The summed E-state index contributed by atoms with van der Waals surface area (Å²) >= 11 is 0. The van der Waals surface area contributed by atoms with Crippen molar-refractivity contribution in [3.05, 3.63) is 35.9 Å². The molecule has 0 radical (unpaired) electrons. The first-order chi connectivity index (χ1) is 10.1. The molecular formula is C18H27N3. The van der Waals surface area contributed by atoms with Gasteiger partial charge in [-0.05, 0) is 44.0 Å². The highest BCUT2D eigenvalue weighted by atomic mass is 15.2. The van der Waals surface area contributed by atoms with E-state index in [0.717, 1.165) is 25.2 Å².